The number of pyridine rings is 1. The summed E-state index contributed by atoms with van der Waals surface area (Å²) in [6, 6.07) is 27.0. The summed E-state index contributed by atoms with van der Waals surface area (Å²) in [4.78, 5) is 4.35. The zero-order chi connectivity index (χ0) is 15.6. The summed E-state index contributed by atoms with van der Waals surface area (Å²) in [7, 11) is 0. The lowest BCUT2D eigenvalue weighted by molar-refractivity contribution is 1.41. The molecular formula is C21H14ClN. The molecule has 0 fully saturated rings. The summed E-state index contributed by atoms with van der Waals surface area (Å²) in [6.45, 7) is 0. The van der Waals surface area contributed by atoms with Crippen molar-refractivity contribution in [3.05, 3.63) is 90.1 Å². The van der Waals surface area contributed by atoms with Crippen LogP contribution in [0.25, 0.3) is 33.2 Å². The van der Waals surface area contributed by atoms with E-state index in [9.17, 15) is 0 Å². The van der Waals surface area contributed by atoms with Crippen molar-refractivity contribution in [2.75, 3.05) is 0 Å². The Kier molecular flexibility index (Phi) is 3.57. The summed E-state index contributed by atoms with van der Waals surface area (Å²) >= 11 is 6.28. The van der Waals surface area contributed by atoms with Crippen molar-refractivity contribution in [3.63, 3.8) is 0 Å². The van der Waals surface area contributed by atoms with Gasteiger partial charge in [-0.2, -0.15) is 0 Å². The van der Waals surface area contributed by atoms with E-state index in [4.69, 9.17) is 11.6 Å². The van der Waals surface area contributed by atoms with E-state index >= 15 is 0 Å². The Labute approximate surface area is 140 Å². The van der Waals surface area contributed by atoms with E-state index in [0.29, 0.717) is 0 Å². The maximum Gasteiger partial charge on any atom is 0.0717 e. The van der Waals surface area contributed by atoms with E-state index in [1.807, 2.05) is 18.2 Å². The molecule has 0 N–H and O–H groups in total. The number of fused-ring (bicyclic) bond motifs is 1. The second-order valence-corrected chi connectivity index (χ2v) is 5.88. The molecule has 23 heavy (non-hydrogen) atoms. The minimum absolute atomic E-state index is 0.734. The Balaban J connectivity index is 1.75. The first-order chi connectivity index (χ1) is 11.3. The van der Waals surface area contributed by atoms with Crippen molar-refractivity contribution >= 4 is 22.5 Å². The molecule has 0 bridgehead atoms. The third-order valence-electron chi connectivity index (χ3n) is 4.01. The van der Waals surface area contributed by atoms with Crippen molar-refractivity contribution < 1.29 is 0 Å². The molecule has 0 spiro atoms. The molecule has 1 nitrogen and oxygen atoms in total. The minimum atomic E-state index is 0.734. The van der Waals surface area contributed by atoms with E-state index in [1.165, 1.54) is 16.7 Å². The van der Waals surface area contributed by atoms with E-state index < -0.39 is 0 Å². The summed E-state index contributed by atoms with van der Waals surface area (Å²) in [5.41, 5.74) is 5.68. The Morgan fingerprint density at radius 3 is 1.96 bits per heavy atom. The second kappa shape index (κ2) is 5.86. The summed E-state index contributed by atoms with van der Waals surface area (Å²) < 4.78 is 0. The van der Waals surface area contributed by atoms with Crippen LogP contribution in [0.1, 0.15) is 0 Å². The molecule has 4 aromatic rings. The Morgan fingerprint density at radius 2 is 1.22 bits per heavy atom. The highest BCUT2D eigenvalue weighted by Gasteiger charge is 2.04. The fraction of sp³-hybridized carbons (Fsp3) is 0. The average molecular weight is 316 g/mol. The summed E-state index contributed by atoms with van der Waals surface area (Å²) in [5.74, 6) is 0. The number of hydrogen-bond donors (Lipinski definition) is 0. The van der Waals surface area contributed by atoms with Crippen LogP contribution in [-0.4, -0.2) is 4.98 Å². The van der Waals surface area contributed by atoms with Crippen LogP contribution in [0.15, 0.2) is 85.1 Å². The smallest absolute Gasteiger partial charge is 0.0717 e. The third kappa shape index (κ3) is 2.71. The van der Waals surface area contributed by atoms with Crippen LogP contribution in [-0.2, 0) is 0 Å². The van der Waals surface area contributed by atoms with Gasteiger partial charge in [0.1, 0.15) is 0 Å². The molecule has 4 rings (SSSR count). The van der Waals surface area contributed by atoms with Gasteiger partial charge in [-0.15, -0.1) is 0 Å². The quantitative estimate of drug-likeness (QED) is 0.428. The van der Waals surface area contributed by atoms with Gasteiger partial charge in [-0.1, -0.05) is 72.3 Å². The minimum Gasteiger partial charge on any atom is -0.256 e. The molecule has 110 valence electrons. The van der Waals surface area contributed by atoms with Gasteiger partial charge in [0.25, 0.3) is 0 Å². The highest BCUT2D eigenvalue weighted by molar-refractivity contribution is 6.35. The highest BCUT2D eigenvalue weighted by atomic mass is 35.5. The molecule has 0 aliphatic carbocycles. The van der Waals surface area contributed by atoms with Crippen molar-refractivity contribution in [1.82, 2.24) is 4.98 Å². The van der Waals surface area contributed by atoms with Crippen molar-refractivity contribution in [3.8, 4) is 22.3 Å². The lowest BCUT2D eigenvalue weighted by Crippen LogP contribution is -1.83. The lowest BCUT2D eigenvalue weighted by atomic mass is 9.99. The van der Waals surface area contributed by atoms with Gasteiger partial charge in [-0.05, 0) is 40.5 Å². The van der Waals surface area contributed by atoms with Crippen LogP contribution < -0.4 is 0 Å². The van der Waals surface area contributed by atoms with Crippen LogP contribution in [0.5, 0.6) is 0 Å². The number of aromatic nitrogens is 1. The molecular weight excluding hydrogens is 302 g/mol. The fourth-order valence-corrected chi connectivity index (χ4v) is 2.99. The number of hydrogen-bond acceptors (Lipinski definition) is 1. The largest absolute Gasteiger partial charge is 0.256 e. The van der Waals surface area contributed by atoms with Gasteiger partial charge in [-0.25, -0.2) is 0 Å². The fourth-order valence-electron chi connectivity index (χ4n) is 2.78. The lowest BCUT2D eigenvalue weighted by Gasteiger charge is -2.07. The molecule has 1 aromatic heterocycles. The first kappa shape index (κ1) is 14.0. The molecule has 0 radical (unpaired) electrons. The maximum atomic E-state index is 6.28. The predicted molar refractivity (Wildman–Crippen MR) is 97.6 cm³/mol. The SMILES string of the molecule is Clc1ccnc2ccc(-c3ccc(-c4ccccc4)cc3)cc12. The van der Waals surface area contributed by atoms with Crippen molar-refractivity contribution in [2.24, 2.45) is 0 Å². The zero-order valence-corrected chi connectivity index (χ0v) is 13.2. The predicted octanol–water partition coefficient (Wildman–Crippen LogP) is 6.22. The number of nitrogens with zero attached hydrogens (tertiary/aromatic N) is 1. The summed E-state index contributed by atoms with van der Waals surface area (Å²) in [6.07, 6.45) is 1.74. The topological polar surface area (TPSA) is 12.9 Å². The third-order valence-corrected chi connectivity index (χ3v) is 4.34. The molecule has 0 saturated carbocycles. The Hall–Kier alpha value is -2.64. The van der Waals surface area contributed by atoms with Crippen molar-refractivity contribution in [2.45, 2.75) is 0 Å². The van der Waals surface area contributed by atoms with E-state index in [-0.39, 0.29) is 0 Å². The first-order valence-electron chi connectivity index (χ1n) is 7.51. The molecule has 3 aromatic carbocycles. The second-order valence-electron chi connectivity index (χ2n) is 5.47. The van der Waals surface area contributed by atoms with Gasteiger partial charge in [0.05, 0.1) is 10.5 Å². The van der Waals surface area contributed by atoms with E-state index in [1.54, 1.807) is 6.20 Å². The molecule has 0 amide bonds. The molecule has 0 unspecified atom stereocenters. The Bertz CT molecular complexity index is 960. The standard InChI is InChI=1S/C21H14ClN/c22-20-12-13-23-21-11-10-18(14-19(20)21)17-8-6-16(7-9-17)15-4-2-1-3-5-15/h1-14H. The van der Waals surface area contributed by atoms with E-state index in [0.717, 1.165) is 21.5 Å². The molecule has 2 heteroatoms. The molecule has 1 heterocycles. The van der Waals surface area contributed by atoms with Crippen LogP contribution in [0, 0.1) is 0 Å². The normalized spacial score (nSPS) is 10.8. The first-order valence-corrected chi connectivity index (χ1v) is 7.89. The van der Waals surface area contributed by atoms with Crippen molar-refractivity contribution in [1.29, 1.82) is 0 Å². The van der Waals surface area contributed by atoms with Crippen LogP contribution in [0.4, 0.5) is 0 Å². The maximum absolute atomic E-state index is 6.28. The van der Waals surface area contributed by atoms with Gasteiger partial charge in [0, 0.05) is 11.6 Å². The van der Waals surface area contributed by atoms with Crippen LogP contribution in [0.3, 0.4) is 0 Å². The number of halogens is 1. The monoisotopic (exact) mass is 315 g/mol. The van der Waals surface area contributed by atoms with Gasteiger partial charge >= 0.3 is 0 Å². The molecule has 0 aliphatic heterocycles. The molecule has 0 atom stereocenters. The van der Waals surface area contributed by atoms with Gasteiger partial charge in [0.2, 0.25) is 0 Å². The number of benzene rings is 3. The number of rotatable bonds is 2. The van der Waals surface area contributed by atoms with Gasteiger partial charge < -0.3 is 0 Å². The zero-order valence-electron chi connectivity index (χ0n) is 12.4. The van der Waals surface area contributed by atoms with E-state index in [2.05, 4.69) is 65.6 Å². The van der Waals surface area contributed by atoms with Gasteiger partial charge in [0.15, 0.2) is 0 Å². The molecule has 0 saturated heterocycles. The van der Waals surface area contributed by atoms with Crippen LogP contribution >= 0.6 is 11.6 Å². The average Bonchev–Trinajstić information content (AvgIpc) is 2.63. The van der Waals surface area contributed by atoms with Crippen LogP contribution in [0.2, 0.25) is 5.02 Å². The highest BCUT2D eigenvalue weighted by Crippen LogP contribution is 2.29. The molecule has 0 aliphatic rings. The van der Waals surface area contributed by atoms with Gasteiger partial charge in [-0.3, -0.25) is 4.98 Å². The summed E-state index contributed by atoms with van der Waals surface area (Å²) in [5, 5.41) is 1.72. The Morgan fingerprint density at radius 1 is 0.609 bits per heavy atom.